The average molecular weight is 625 g/mol. The van der Waals surface area contributed by atoms with Gasteiger partial charge in [-0.3, -0.25) is 9.59 Å². The van der Waals surface area contributed by atoms with E-state index in [0.717, 1.165) is 25.7 Å². The fourth-order valence-electron chi connectivity index (χ4n) is 5.85. The third kappa shape index (κ3) is 35.4. The van der Waals surface area contributed by atoms with Crippen LogP contribution < -0.4 is 0 Å². The zero-order chi connectivity index (χ0) is 32.2. The summed E-state index contributed by atoms with van der Waals surface area (Å²) in [5.41, 5.74) is 0. The Balaban J connectivity index is 3.35. The largest absolute Gasteiger partial charge is 0.463 e. The van der Waals surface area contributed by atoms with E-state index < -0.39 is 6.10 Å². The lowest BCUT2D eigenvalue weighted by Gasteiger charge is -2.12. The number of esters is 2. The highest BCUT2D eigenvalue weighted by Gasteiger charge is 2.12. The molecule has 0 aliphatic carbocycles. The molecule has 5 nitrogen and oxygen atoms in total. The van der Waals surface area contributed by atoms with Crippen molar-refractivity contribution in [2.75, 3.05) is 13.2 Å². The summed E-state index contributed by atoms with van der Waals surface area (Å²) in [5.74, 6) is -0.552. The van der Waals surface area contributed by atoms with Crippen LogP contribution >= 0.6 is 0 Å². The molecule has 0 amide bonds. The minimum Gasteiger partial charge on any atom is -0.463 e. The minimum atomic E-state index is -0.953. The van der Waals surface area contributed by atoms with Gasteiger partial charge in [-0.2, -0.15) is 0 Å². The second-order valence-corrected chi connectivity index (χ2v) is 13.4. The van der Waals surface area contributed by atoms with Crippen molar-refractivity contribution < 1.29 is 24.2 Å². The van der Waals surface area contributed by atoms with Crippen LogP contribution in [0.5, 0.6) is 0 Å². The van der Waals surface area contributed by atoms with Gasteiger partial charge < -0.3 is 14.6 Å². The third-order valence-corrected chi connectivity index (χ3v) is 8.84. The Morgan fingerprint density at radius 3 is 0.818 bits per heavy atom. The molecule has 0 aliphatic rings. The lowest BCUT2D eigenvalue weighted by Crippen LogP contribution is -2.25. The number of rotatable bonds is 36. The van der Waals surface area contributed by atoms with Crippen LogP contribution in [0.3, 0.4) is 0 Å². The predicted molar refractivity (Wildman–Crippen MR) is 187 cm³/mol. The normalized spacial score (nSPS) is 12.0. The van der Waals surface area contributed by atoms with E-state index in [-0.39, 0.29) is 25.2 Å². The number of carbonyl (C=O) groups excluding carboxylic acids is 2. The molecule has 0 rings (SSSR count). The lowest BCUT2D eigenvalue weighted by molar-refractivity contribution is -0.152. The van der Waals surface area contributed by atoms with Gasteiger partial charge in [-0.25, -0.2) is 0 Å². The number of aliphatic hydroxyl groups excluding tert-OH is 1. The van der Waals surface area contributed by atoms with Gasteiger partial charge in [-0.05, 0) is 12.8 Å². The summed E-state index contributed by atoms with van der Waals surface area (Å²) in [6.45, 7) is 4.32. The molecule has 0 aromatic carbocycles. The second-order valence-electron chi connectivity index (χ2n) is 13.4. The number of unbranched alkanes of at least 4 members (excludes halogenated alkanes) is 28. The van der Waals surface area contributed by atoms with E-state index in [4.69, 9.17) is 9.47 Å². The van der Waals surface area contributed by atoms with Crippen molar-refractivity contribution in [3.05, 3.63) is 0 Å². The van der Waals surface area contributed by atoms with Crippen molar-refractivity contribution >= 4 is 11.9 Å². The maximum Gasteiger partial charge on any atom is 0.305 e. The van der Waals surface area contributed by atoms with Crippen LogP contribution in [0.2, 0.25) is 0 Å². The molecule has 1 N–H and O–H groups in total. The van der Waals surface area contributed by atoms with Crippen LogP contribution in [0.4, 0.5) is 0 Å². The van der Waals surface area contributed by atoms with Crippen molar-refractivity contribution in [2.24, 2.45) is 0 Å². The summed E-state index contributed by atoms with van der Waals surface area (Å²) in [6, 6.07) is 0. The number of hydrogen-bond donors (Lipinski definition) is 1. The van der Waals surface area contributed by atoms with Crippen LogP contribution in [0.15, 0.2) is 0 Å². The summed E-state index contributed by atoms with van der Waals surface area (Å²) >= 11 is 0. The van der Waals surface area contributed by atoms with E-state index >= 15 is 0 Å². The van der Waals surface area contributed by atoms with Gasteiger partial charge in [-0.1, -0.05) is 194 Å². The van der Waals surface area contributed by atoms with Crippen molar-refractivity contribution in [1.82, 2.24) is 0 Å². The zero-order valence-electron chi connectivity index (χ0n) is 29.7. The smallest absolute Gasteiger partial charge is 0.305 e. The van der Waals surface area contributed by atoms with E-state index in [9.17, 15) is 14.7 Å². The number of carbonyl (C=O) groups is 2. The first-order chi connectivity index (χ1) is 21.6. The molecule has 0 radical (unpaired) electrons. The first-order valence-corrected chi connectivity index (χ1v) is 19.6. The standard InChI is InChI=1S/C39H76O5/c1-3-5-7-9-11-13-15-16-17-18-19-20-21-22-24-26-28-30-32-34-39(42)44-36-37(40)35-43-38(41)33-31-29-27-25-23-14-12-10-8-6-4-2/h37,40H,3-36H2,1-2H3/t37-/m0/s1. The van der Waals surface area contributed by atoms with Gasteiger partial charge >= 0.3 is 11.9 Å². The molecular weight excluding hydrogens is 548 g/mol. The minimum absolute atomic E-state index is 0.107. The Hall–Kier alpha value is -1.10. The Labute approximate surface area is 274 Å². The Morgan fingerprint density at radius 2 is 0.591 bits per heavy atom. The van der Waals surface area contributed by atoms with E-state index in [1.807, 2.05) is 0 Å². The van der Waals surface area contributed by atoms with Gasteiger partial charge in [0.05, 0.1) is 0 Å². The van der Waals surface area contributed by atoms with Gasteiger partial charge in [0.25, 0.3) is 0 Å². The highest BCUT2D eigenvalue weighted by molar-refractivity contribution is 5.69. The fourth-order valence-corrected chi connectivity index (χ4v) is 5.85. The molecule has 0 unspecified atom stereocenters. The monoisotopic (exact) mass is 625 g/mol. The first kappa shape index (κ1) is 42.9. The van der Waals surface area contributed by atoms with Crippen LogP contribution in [0.25, 0.3) is 0 Å². The zero-order valence-corrected chi connectivity index (χ0v) is 29.7. The molecule has 0 aromatic rings. The van der Waals surface area contributed by atoms with E-state index in [1.54, 1.807) is 0 Å². The average Bonchev–Trinajstić information content (AvgIpc) is 3.02. The highest BCUT2D eigenvalue weighted by atomic mass is 16.6. The third-order valence-electron chi connectivity index (χ3n) is 8.84. The molecule has 0 saturated heterocycles. The first-order valence-electron chi connectivity index (χ1n) is 19.6. The van der Waals surface area contributed by atoms with Crippen LogP contribution in [0.1, 0.15) is 219 Å². The number of hydrogen-bond acceptors (Lipinski definition) is 5. The highest BCUT2D eigenvalue weighted by Crippen LogP contribution is 2.15. The topological polar surface area (TPSA) is 72.8 Å². The van der Waals surface area contributed by atoms with Crippen LogP contribution in [0, 0.1) is 0 Å². The van der Waals surface area contributed by atoms with Crippen LogP contribution in [-0.2, 0) is 19.1 Å². The van der Waals surface area contributed by atoms with Gasteiger partial charge in [0.15, 0.2) is 0 Å². The van der Waals surface area contributed by atoms with Gasteiger partial charge in [0, 0.05) is 12.8 Å². The van der Waals surface area contributed by atoms with Crippen LogP contribution in [-0.4, -0.2) is 36.4 Å². The molecule has 5 heteroatoms. The molecule has 0 heterocycles. The summed E-state index contributed by atoms with van der Waals surface area (Å²) in [7, 11) is 0. The molecule has 0 bridgehead atoms. The van der Waals surface area contributed by atoms with Gasteiger partial charge in [-0.15, -0.1) is 0 Å². The number of ether oxygens (including phenoxy) is 2. The predicted octanol–water partition coefficient (Wildman–Crippen LogP) is 12.0. The molecule has 44 heavy (non-hydrogen) atoms. The van der Waals surface area contributed by atoms with E-state index in [2.05, 4.69) is 13.8 Å². The maximum atomic E-state index is 12.0. The molecule has 0 aromatic heterocycles. The van der Waals surface area contributed by atoms with Gasteiger partial charge in [0.2, 0.25) is 0 Å². The number of aliphatic hydroxyl groups is 1. The van der Waals surface area contributed by atoms with Crippen molar-refractivity contribution in [2.45, 2.75) is 225 Å². The molecule has 0 spiro atoms. The fraction of sp³-hybridized carbons (Fsp3) is 0.949. The van der Waals surface area contributed by atoms with Gasteiger partial charge in [0.1, 0.15) is 19.3 Å². The molecule has 1 atom stereocenters. The summed E-state index contributed by atoms with van der Waals surface area (Å²) in [6.07, 6.45) is 38.7. The van der Waals surface area contributed by atoms with E-state index in [1.165, 1.54) is 167 Å². The van der Waals surface area contributed by atoms with E-state index in [0.29, 0.717) is 12.8 Å². The summed E-state index contributed by atoms with van der Waals surface area (Å²) in [5, 5.41) is 9.99. The summed E-state index contributed by atoms with van der Waals surface area (Å²) in [4.78, 5) is 23.9. The lowest BCUT2D eigenvalue weighted by atomic mass is 10.0. The Bertz CT molecular complexity index is 593. The SMILES string of the molecule is CCCCCCCCCCCCCCCCCCCCCC(=O)OC[C@@H](O)COC(=O)CCCCCCCCCCCCC. The van der Waals surface area contributed by atoms with Crippen molar-refractivity contribution in [3.63, 3.8) is 0 Å². The Morgan fingerprint density at radius 1 is 0.386 bits per heavy atom. The molecule has 0 fully saturated rings. The van der Waals surface area contributed by atoms with Crippen molar-refractivity contribution in [3.8, 4) is 0 Å². The second kappa shape index (κ2) is 36.4. The summed E-state index contributed by atoms with van der Waals surface area (Å²) < 4.78 is 10.3. The molecular formula is C39H76O5. The molecule has 0 saturated carbocycles. The van der Waals surface area contributed by atoms with Crippen molar-refractivity contribution in [1.29, 1.82) is 0 Å². The molecule has 0 aliphatic heterocycles. The quantitative estimate of drug-likeness (QED) is 0.0554. The Kier molecular flexibility index (Phi) is 35.5. The molecule has 262 valence electrons. The maximum absolute atomic E-state index is 12.0.